The van der Waals surface area contributed by atoms with Crippen LogP contribution in [0.25, 0.3) is 10.9 Å². The second kappa shape index (κ2) is 10.5. The van der Waals surface area contributed by atoms with E-state index in [1.54, 1.807) is 12.2 Å². The molecule has 2 atom stereocenters. The van der Waals surface area contributed by atoms with Crippen molar-refractivity contribution in [2.24, 2.45) is 5.73 Å². The smallest absolute Gasteiger partial charge is 0.391 e. The van der Waals surface area contributed by atoms with Crippen molar-refractivity contribution in [3.05, 3.63) is 56.7 Å². The molecule has 1 aromatic heterocycles. The predicted octanol–water partition coefficient (Wildman–Crippen LogP) is 6.18. The maximum atomic E-state index is 14.6. The van der Waals surface area contributed by atoms with Crippen LogP contribution in [0.1, 0.15) is 47.0 Å². The lowest BCUT2D eigenvalue weighted by atomic mass is 9.95. The van der Waals surface area contributed by atoms with Gasteiger partial charge in [-0.1, -0.05) is 35.4 Å². The molecule has 2 unspecified atom stereocenters. The summed E-state index contributed by atoms with van der Waals surface area (Å²) in [4.78, 5) is 26.2. The number of benzene rings is 1. The van der Waals surface area contributed by atoms with E-state index in [0.29, 0.717) is 23.7 Å². The topological polar surface area (TPSA) is 89.2 Å². The molecule has 0 radical (unpaired) electrons. The van der Waals surface area contributed by atoms with Gasteiger partial charge in [0.15, 0.2) is 0 Å². The van der Waals surface area contributed by atoms with E-state index in [-0.39, 0.29) is 27.8 Å². The molecule has 210 valence electrons. The first kappa shape index (κ1) is 29.6. The zero-order valence-electron chi connectivity index (χ0n) is 20.0. The number of carbonyl (C=O) groups excluding carboxylic acids is 2. The van der Waals surface area contributed by atoms with Gasteiger partial charge >= 0.3 is 6.18 Å². The van der Waals surface area contributed by atoms with Gasteiger partial charge in [0, 0.05) is 17.5 Å². The number of fused-ring (bicyclic) bond motifs is 1. The standard InChI is InChI=1S/C24H20Cl3F5N4O2S/c1-2-36-14-8-12(25)10(20(37)35-23(3-4-23)22(33)39)5-9(14)6-15(36)21(38)34-19(24(30,31)32)11-7-13(26)18(29)16(27)17(11)28/h5-6,8,13,19H,2-4,7H2,1H3,(H2,33,39)(H,34,38)(H,35,37). The second-order valence-electron chi connectivity index (χ2n) is 9.19. The maximum absolute atomic E-state index is 14.6. The van der Waals surface area contributed by atoms with Gasteiger partial charge in [0.25, 0.3) is 11.8 Å². The highest BCUT2D eigenvalue weighted by Gasteiger charge is 2.48. The summed E-state index contributed by atoms with van der Waals surface area (Å²) in [7, 11) is 0. The van der Waals surface area contributed by atoms with Gasteiger partial charge in [-0.05, 0) is 44.4 Å². The number of halogens is 8. The fourth-order valence-electron chi connectivity index (χ4n) is 4.40. The Balaban J connectivity index is 1.70. The summed E-state index contributed by atoms with van der Waals surface area (Å²) in [5.74, 6) is -4.71. The number of nitrogens with one attached hydrogen (secondary N) is 2. The van der Waals surface area contributed by atoms with Crippen LogP contribution in [0.5, 0.6) is 0 Å². The zero-order valence-corrected chi connectivity index (χ0v) is 23.1. The Hall–Kier alpha value is -2.41. The van der Waals surface area contributed by atoms with Gasteiger partial charge in [-0.15, -0.1) is 11.6 Å². The first-order valence-corrected chi connectivity index (χ1v) is 13.1. The van der Waals surface area contributed by atoms with Crippen molar-refractivity contribution in [2.75, 3.05) is 0 Å². The van der Waals surface area contributed by atoms with Gasteiger partial charge in [0.2, 0.25) is 0 Å². The molecule has 2 aromatic rings. The predicted molar refractivity (Wildman–Crippen MR) is 143 cm³/mol. The summed E-state index contributed by atoms with van der Waals surface area (Å²) < 4.78 is 71.8. The molecule has 39 heavy (non-hydrogen) atoms. The van der Waals surface area contributed by atoms with E-state index in [9.17, 15) is 31.5 Å². The van der Waals surface area contributed by atoms with Crippen molar-refractivity contribution in [3.8, 4) is 0 Å². The average molecular weight is 630 g/mol. The fraction of sp³-hybridized carbons (Fsp3) is 0.375. The number of thiocarbonyl (C=S) groups is 1. The van der Waals surface area contributed by atoms with Crippen molar-refractivity contribution in [1.29, 1.82) is 0 Å². The molecule has 2 aliphatic rings. The Labute approximate surface area is 239 Å². The van der Waals surface area contributed by atoms with Crippen molar-refractivity contribution in [3.63, 3.8) is 0 Å². The van der Waals surface area contributed by atoms with Crippen molar-refractivity contribution in [2.45, 2.75) is 55.9 Å². The van der Waals surface area contributed by atoms with Crippen LogP contribution in [0.4, 0.5) is 22.0 Å². The van der Waals surface area contributed by atoms with Gasteiger partial charge in [0.1, 0.15) is 28.4 Å². The molecule has 1 saturated carbocycles. The molecule has 4 N–H and O–H groups in total. The summed E-state index contributed by atoms with van der Waals surface area (Å²) in [6, 6.07) is 1.23. The van der Waals surface area contributed by atoms with Crippen LogP contribution >= 0.6 is 47.0 Å². The maximum Gasteiger partial charge on any atom is 0.412 e. The SMILES string of the molecule is CCn1c(C(=O)NC(C2=C(F)C(Cl)=C(F)C(Cl)C2)C(F)(F)F)cc2cc(C(=O)NC3(C(N)=S)CC3)c(Cl)cc21. The van der Waals surface area contributed by atoms with Crippen molar-refractivity contribution < 1.29 is 31.5 Å². The van der Waals surface area contributed by atoms with Gasteiger partial charge in [-0.2, -0.15) is 13.2 Å². The van der Waals surface area contributed by atoms with E-state index < -0.39 is 63.6 Å². The number of aromatic nitrogens is 1. The third kappa shape index (κ3) is 5.48. The highest BCUT2D eigenvalue weighted by atomic mass is 35.5. The molecule has 0 bridgehead atoms. The zero-order chi connectivity index (χ0) is 29.0. The molecule has 0 aliphatic heterocycles. The van der Waals surface area contributed by atoms with Gasteiger partial charge in [-0.25, -0.2) is 8.78 Å². The molecular formula is C24H20Cl3F5N4O2S. The van der Waals surface area contributed by atoms with E-state index in [0.717, 1.165) is 0 Å². The molecule has 1 fully saturated rings. The van der Waals surface area contributed by atoms with Crippen LogP contribution in [-0.4, -0.2) is 44.5 Å². The van der Waals surface area contributed by atoms with Gasteiger partial charge in [0.05, 0.1) is 32.0 Å². The molecule has 4 rings (SSSR count). The Kier molecular flexibility index (Phi) is 7.98. The highest BCUT2D eigenvalue weighted by Crippen LogP contribution is 2.42. The van der Waals surface area contributed by atoms with E-state index >= 15 is 0 Å². The monoisotopic (exact) mass is 628 g/mol. The molecule has 15 heteroatoms. The van der Waals surface area contributed by atoms with Crippen LogP contribution in [-0.2, 0) is 6.54 Å². The fourth-order valence-corrected chi connectivity index (χ4v) is 5.48. The summed E-state index contributed by atoms with van der Waals surface area (Å²) in [6.07, 6.45) is -4.89. The number of alkyl halides is 4. The number of carbonyl (C=O) groups is 2. The summed E-state index contributed by atoms with van der Waals surface area (Å²) in [5, 5.41) is 2.08. The van der Waals surface area contributed by atoms with E-state index in [1.807, 2.05) is 0 Å². The van der Waals surface area contributed by atoms with Crippen LogP contribution in [0.15, 0.2) is 40.5 Å². The van der Waals surface area contributed by atoms with E-state index in [1.165, 1.54) is 22.8 Å². The number of aryl methyl sites for hydroxylation is 1. The molecular weight excluding hydrogens is 610 g/mol. The first-order valence-electron chi connectivity index (χ1n) is 11.5. The molecule has 1 aromatic carbocycles. The minimum atomic E-state index is -5.16. The molecule has 0 spiro atoms. The average Bonchev–Trinajstić information content (AvgIpc) is 3.55. The third-order valence-electron chi connectivity index (χ3n) is 6.67. The molecule has 6 nitrogen and oxygen atoms in total. The largest absolute Gasteiger partial charge is 0.412 e. The minimum absolute atomic E-state index is 0.0257. The highest BCUT2D eigenvalue weighted by molar-refractivity contribution is 7.80. The quantitative estimate of drug-likeness (QED) is 0.194. The van der Waals surface area contributed by atoms with E-state index in [2.05, 4.69) is 5.32 Å². The van der Waals surface area contributed by atoms with Gasteiger partial charge in [-0.3, -0.25) is 9.59 Å². The number of allylic oxidation sites excluding steroid dienone is 3. The molecule has 1 heterocycles. The van der Waals surface area contributed by atoms with Crippen LogP contribution in [0.2, 0.25) is 5.02 Å². The summed E-state index contributed by atoms with van der Waals surface area (Å²) >= 11 is 22.6. The minimum Gasteiger partial charge on any atom is -0.391 e. The normalized spacial score (nSPS) is 19.8. The lowest BCUT2D eigenvalue weighted by Gasteiger charge is -2.28. The van der Waals surface area contributed by atoms with Crippen LogP contribution in [0.3, 0.4) is 0 Å². The lowest BCUT2D eigenvalue weighted by Crippen LogP contribution is -2.48. The lowest BCUT2D eigenvalue weighted by molar-refractivity contribution is -0.145. The summed E-state index contributed by atoms with van der Waals surface area (Å²) in [6.45, 7) is 1.77. The van der Waals surface area contributed by atoms with Gasteiger partial charge < -0.3 is 20.9 Å². The Morgan fingerprint density at radius 3 is 2.38 bits per heavy atom. The van der Waals surface area contributed by atoms with Crippen molar-refractivity contribution in [1.82, 2.24) is 15.2 Å². The Bertz CT molecular complexity index is 1470. The number of hydrogen-bond donors (Lipinski definition) is 3. The number of hydrogen-bond acceptors (Lipinski definition) is 3. The molecule has 0 saturated heterocycles. The number of rotatable bonds is 7. The first-order chi connectivity index (χ1) is 18.1. The third-order valence-corrected chi connectivity index (χ3v) is 8.06. The second-order valence-corrected chi connectivity index (χ2v) is 10.9. The Morgan fingerprint density at radius 1 is 1.21 bits per heavy atom. The number of amides is 2. The number of nitrogens with two attached hydrogens (primary N) is 1. The van der Waals surface area contributed by atoms with E-state index in [4.69, 9.17) is 52.8 Å². The van der Waals surface area contributed by atoms with Crippen LogP contribution in [0, 0.1) is 0 Å². The molecule has 2 aliphatic carbocycles. The number of nitrogens with zero attached hydrogens (tertiary/aromatic N) is 1. The summed E-state index contributed by atoms with van der Waals surface area (Å²) in [5.41, 5.74) is 4.09. The molecule has 2 amide bonds. The Morgan fingerprint density at radius 2 is 1.85 bits per heavy atom. The van der Waals surface area contributed by atoms with Crippen molar-refractivity contribution >= 4 is 74.7 Å². The van der Waals surface area contributed by atoms with Crippen LogP contribution < -0.4 is 16.4 Å².